The van der Waals surface area contributed by atoms with E-state index in [1.807, 2.05) is 25.2 Å². The first-order valence-corrected chi connectivity index (χ1v) is 8.45. The highest BCUT2D eigenvalue weighted by atomic mass is 32.2. The van der Waals surface area contributed by atoms with E-state index in [2.05, 4.69) is 22.2 Å². The van der Waals surface area contributed by atoms with Crippen LogP contribution in [0, 0.1) is 0 Å². The first-order valence-electron chi connectivity index (χ1n) is 6.80. The predicted octanol–water partition coefficient (Wildman–Crippen LogP) is 1.54. The lowest BCUT2D eigenvalue weighted by atomic mass is 10.1. The quantitative estimate of drug-likeness (QED) is 0.641. The number of unbranched alkanes of at least 4 members (excludes halogenated alkanes) is 1. The van der Waals surface area contributed by atoms with Crippen molar-refractivity contribution < 1.29 is 8.42 Å². The maximum atomic E-state index is 11.7. The number of nitrogens with one attached hydrogen (secondary N) is 2. The second-order valence-corrected chi connectivity index (χ2v) is 6.54. The average molecular weight is 284 g/mol. The van der Waals surface area contributed by atoms with Crippen LogP contribution in [-0.2, 0) is 16.4 Å². The van der Waals surface area contributed by atoms with E-state index in [0.29, 0.717) is 13.0 Å². The number of hydrogen-bond acceptors (Lipinski definition) is 3. The molecule has 0 amide bonds. The normalized spacial score (nSPS) is 11.6. The molecule has 0 fully saturated rings. The Morgan fingerprint density at radius 2 is 1.74 bits per heavy atom. The van der Waals surface area contributed by atoms with Gasteiger partial charge in [-0.2, -0.15) is 0 Å². The minimum atomic E-state index is -3.09. The minimum absolute atomic E-state index is 0.222. The van der Waals surface area contributed by atoms with Gasteiger partial charge < -0.3 is 5.32 Å². The van der Waals surface area contributed by atoms with Crippen molar-refractivity contribution in [1.29, 1.82) is 0 Å². The van der Waals surface area contributed by atoms with Crippen molar-refractivity contribution in [3.63, 3.8) is 0 Å². The number of aryl methyl sites for hydroxylation is 1. The van der Waals surface area contributed by atoms with Gasteiger partial charge >= 0.3 is 0 Å². The van der Waals surface area contributed by atoms with Gasteiger partial charge in [0.1, 0.15) is 0 Å². The lowest BCUT2D eigenvalue weighted by Crippen LogP contribution is -2.28. The zero-order chi connectivity index (χ0) is 14.0. The van der Waals surface area contributed by atoms with Gasteiger partial charge in [0.05, 0.1) is 5.75 Å². The molecule has 0 atom stereocenters. The van der Waals surface area contributed by atoms with Crippen LogP contribution in [0.3, 0.4) is 0 Å². The molecule has 0 radical (unpaired) electrons. The first kappa shape index (κ1) is 16.1. The van der Waals surface area contributed by atoms with Crippen molar-refractivity contribution in [3.05, 3.63) is 35.9 Å². The fourth-order valence-electron chi connectivity index (χ4n) is 1.83. The molecule has 0 saturated heterocycles. The van der Waals surface area contributed by atoms with Crippen LogP contribution in [0.25, 0.3) is 0 Å². The maximum absolute atomic E-state index is 11.7. The Morgan fingerprint density at radius 1 is 1.00 bits per heavy atom. The molecule has 1 rings (SSSR count). The maximum Gasteiger partial charge on any atom is 0.211 e. The molecule has 0 bridgehead atoms. The monoisotopic (exact) mass is 284 g/mol. The summed E-state index contributed by atoms with van der Waals surface area (Å²) in [7, 11) is -1.22. The molecule has 0 aromatic heterocycles. The van der Waals surface area contributed by atoms with Crippen LogP contribution in [0.4, 0.5) is 0 Å². The van der Waals surface area contributed by atoms with Crippen molar-refractivity contribution in [1.82, 2.24) is 10.0 Å². The Hall–Kier alpha value is -0.910. The molecule has 0 spiro atoms. The van der Waals surface area contributed by atoms with Gasteiger partial charge in [-0.05, 0) is 44.8 Å². The van der Waals surface area contributed by atoms with Gasteiger partial charge in [-0.25, -0.2) is 13.1 Å². The van der Waals surface area contributed by atoms with Gasteiger partial charge in [-0.3, -0.25) is 0 Å². The van der Waals surface area contributed by atoms with E-state index in [1.165, 1.54) is 5.56 Å². The molecule has 1 aromatic carbocycles. The van der Waals surface area contributed by atoms with Crippen LogP contribution >= 0.6 is 0 Å². The summed E-state index contributed by atoms with van der Waals surface area (Å²) >= 11 is 0. The van der Waals surface area contributed by atoms with E-state index in [1.54, 1.807) is 0 Å². The molecule has 4 nitrogen and oxygen atoms in total. The fourth-order valence-corrected chi connectivity index (χ4v) is 3.01. The van der Waals surface area contributed by atoms with Crippen molar-refractivity contribution in [3.8, 4) is 0 Å². The molecular weight excluding hydrogens is 260 g/mol. The van der Waals surface area contributed by atoms with Gasteiger partial charge in [0.25, 0.3) is 0 Å². The van der Waals surface area contributed by atoms with E-state index >= 15 is 0 Å². The molecule has 5 heteroatoms. The highest BCUT2D eigenvalue weighted by Gasteiger charge is 2.08. The van der Waals surface area contributed by atoms with E-state index < -0.39 is 10.0 Å². The average Bonchev–Trinajstić information content (AvgIpc) is 2.41. The summed E-state index contributed by atoms with van der Waals surface area (Å²) in [5.41, 5.74) is 1.25. The fraction of sp³-hybridized carbons (Fsp3) is 0.571. The number of rotatable bonds is 10. The topological polar surface area (TPSA) is 58.2 Å². The second-order valence-electron chi connectivity index (χ2n) is 4.61. The zero-order valence-electron chi connectivity index (χ0n) is 11.6. The van der Waals surface area contributed by atoms with E-state index in [-0.39, 0.29) is 5.75 Å². The number of hydrogen-bond donors (Lipinski definition) is 2. The third-order valence-electron chi connectivity index (χ3n) is 2.90. The highest BCUT2D eigenvalue weighted by molar-refractivity contribution is 7.89. The first-order chi connectivity index (χ1) is 9.14. The third kappa shape index (κ3) is 7.97. The van der Waals surface area contributed by atoms with Gasteiger partial charge in [0.2, 0.25) is 10.0 Å². The van der Waals surface area contributed by atoms with Crippen LogP contribution in [0.1, 0.15) is 24.8 Å². The molecular formula is C14H24N2O2S. The Morgan fingerprint density at radius 3 is 2.42 bits per heavy atom. The largest absolute Gasteiger partial charge is 0.320 e. The second kappa shape index (κ2) is 9.07. The molecule has 108 valence electrons. The van der Waals surface area contributed by atoms with Crippen LogP contribution in [-0.4, -0.2) is 34.3 Å². The van der Waals surface area contributed by atoms with Crippen LogP contribution in [0.5, 0.6) is 0 Å². The van der Waals surface area contributed by atoms with E-state index in [9.17, 15) is 8.42 Å². The molecule has 0 aliphatic rings. The molecule has 0 saturated carbocycles. The van der Waals surface area contributed by atoms with Crippen molar-refractivity contribution in [2.45, 2.75) is 25.7 Å². The minimum Gasteiger partial charge on any atom is -0.320 e. The summed E-state index contributed by atoms with van der Waals surface area (Å²) in [5.74, 6) is 0.222. The van der Waals surface area contributed by atoms with E-state index in [0.717, 1.165) is 25.8 Å². The van der Waals surface area contributed by atoms with Crippen molar-refractivity contribution in [2.75, 3.05) is 25.9 Å². The standard InChI is InChI=1S/C14H24N2O2S/c1-15-11-5-6-13-19(17,18)16-12-7-10-14-8-3-2-4-9-14/h2-4,8-9,15-16H,5-7,10-13H2,1H3. The van der Waals surface area contributed by atoms with Crippen LogP contribution in [0.2, 0.25) is 0 Å². The van der Waals surface area contributed by atoms with Gasteiger partial charge in [0.15, 0.2) is 0 Å². The molecule has 0 aliphatic carbocycles. The summed E-state index contributed by atoms with van der Waals surface area (Å²) in [6.45, 7) is 1.38. The highest BCUT2D eigenvalue weighted by Crippen LogP contribution is 2.02. The number of sulfonamides is 1. The Balaban J connectivity index is 2.14. The third-order valence-corrected chi connectivity index (χ3v) is 4.37. The lowest BCUT2D eigenvalue weighted by Gasteiger charge is -2.06. The summed E-state index contributed by atoms with van der Waals surface area (Å²) in [4.78, 5) is 0. The summed E-state index contributed by atoms with van der Waals surface area (Å²) < 4.78 is 26.0. The summed E-state index contributed by atoms with van der Waals surface area (Å²) in [5, 5.41) is 3.01. The summed E-state index contributed by atoms with van der Waals surface area (Å²) in [6, 6.07) is 10.1. The smallest absolute Gasteiger partial charge is 0.211 e. The van der Waals surface area contributed by atoms with Crippen molar-refractivity contribution in [2.24, 2.45) is 0 Å². The lowest BCUT2D eigenvalue weighted by molar-refractivity contribution is 0.573. The zero-order valence-corrected chi connectivity index (χ0v) is 12.4. The van der Waals surface area contributed by atoms with Crippen molar-refractivity contribution >= 4 is 10.0 Å². The SMILES string of the molecule is CNCCCCS(=O)(=O)NCCCc1ccccc1. The molecule has 0 unspecified atom stereocenters. The molecule has 2 N–H and O–H groups in total. The molecule has 1 aromatic rings. The molecule has 19 heavy (non-hydrogen) atoms. The van der Waals surface area contributed by atoms with Gasteiger partial charge in [0, 0.05) is 6.54 Å². The van der Waals surface area contributed by atoms with Gasteiger partial charge in [-0.15, -0.1) is 0 Å². The van der Waals surface area contributed by atoms with Gasteiger partial charge in [-0.1, -0.05) is 30.3 Å². The Kier molecular flexibility index (Phi) is 7.70. The summed E-state index contributed by atoms with van der Waals surface area (Å²) in [6.07, 6.45) is 3.33. The van der Waals surface area contributed by atoms with E-state index in [4.69, 9.17) is 0 Å². The van der Waals surface area contributed by atoms with Crippen LogP contribution < -0.4 is 10.0 Å². The Bertz CT molecular complexity index is 432. The number of benzene rings is 1. The Labute approximate surface area is 116 Å². The molecule has 0 heterocycles. The molecule has 0 aliphatic heterocycles. The van der Waals surface area contributed by atoms with Crippen LogP contribution in [0.15, 0.2) is 30.3 Å². The predicted molar refractivity (Wildman–Crippen MR) is 79.7 cm³/mol.